The summed E-state index contributed by atoms with van der Waals surface area (Å²) in [6, 6.07) is 12.2. The lowest BCUT2D eigenvalue weighted by Gasteiger charge is -2.25. The molecule has 1 fully saturated rings. The molecule has 1 N–H and O–H groups in total. The summed E-state index contributed by atoms with van der Waals surface area (Å²) >= 11 is 0. The minimum absolute atomic E-state index is 0.00612. The van der Waals surface area contributed by atoms with Crippen molar-refractivity contribution in [3.8, 4) is 17.6 Å². The Kier molecular flexibility index (Phi) is 5.88. The van der Waals surface area contributed by atoms with Crippen LogP contribution in [-0.2, 0) is 32.1 Å². The number of amides is 3. The van der Waals surface area contributed by atoms with Crippen LogP contribution in [-0.4, -0.2) is 49.4 Å². The predicted octanol–water partition coefficient (Wildman–Crippen LogP) is 1.45. The molecule has 0 radical (unpaired) electrons. The SMILES string of the molecule is COC(=O)Cc1ccc(C#C[C@]2(CN3Cc4ccc(OC)cc4C3=O)CC(=O)NC2=O)cc1. The van der Waals surface area contributed by atoms with Gasteiger partial charge >= 0.3 is 5.97 Å². The Morgan fingerprint density at radius 1 is 1.12 bits per heavy atom. The van der Waals surface area contributed by atoms with Crippen molar-refractivity contribution >= 4 is 23.7 Å². The molecule has 2 aromatic carbocycles. The second kappa shape index (κ2) is 8.79. The first-order valence-electron chi connectivity index (χ1n) is 10.3. The molecule has 4 rings (SSSR count). The van der Waals surface area contributed by atoms with E-state index in [0.29, 0.717) is 23.4 Å². The molecule has 0 aliphatic carbocycles. The number of hydrogen-bond donors (Lipinski definition) is 1. The van der Waals surface area contributed by atoms with Crippen LogP contribution in [0.1, 0.15) is 33.5 Å². The molecular weight excluding hydrogens is 424 g/mol. The third-order valence-electron chi connectivity index (χ3n) is 5.78. The monoisotopic (exact) mass is 446 g/mol. The first-order valence-corrected chi connectivity index (χ1v) is 10.3. The van der Waals surface area contributed by atoms with Gasteiger partial charge in [0.25, 0.3) is 5.91 Å². The maximum atomic E-state index is 13.0. The smallest absolute Gasteiger partial charge is 0.309 e. The third kappa shape index (κ3) is 4.44. The third-order valence-corrected chi connectivity index (χ3v) is 5.78. The van der Waals surface area contributed by atoms with Gasteiger partial charge in [-0.1, -0.05) is 30.0 Å². The molecule has 8 nitrogen and oxygen atoms in total. The number of benzene rings is 2. The van der Waals surface area contributed by atoms with E-state index < -0.39 is 17.2 Å². The molecular formula is C25H22N2O6. The molecule has 8 heteroatoms. The van der Waals surface area contributed by atoms with Crippen LogP contribution < -0.4 is 10.1 Å². The number of rotatable bonds is 5. The van der Waals surface area contributed by atoms with Crippen molar-refractivity contribution in [2.45, 2.75) is 19.4 Å². The molecule has 2 aromatic rings. The minimum Gasteiger partial charge on any atom is -0.497 e. The Bertz CT molecular complexity index is 1210. The zero-order chi connectivity index (χ0) is 23.6. The lowest BCUT2D eigenvalue weighted by molar-refractivity contribution is -0.139. The van der Waals surface area contributed by atoms with Crippen molar-refractivity contribution in [3.63, 3.8) is 0 Å². The fraction of sp³-hybridized carbons (Fsp3) is 0.280. The average Bonchev–Trinajstić information content (AvgIpc) is 3.27. The van der Waals surface area contributed by atoms with E-state index in [-0.39, 0.29) is 31.3 Å². The second-order valence-corrected chi connectivity index (χ2v) is 8.02. The van der Waals surface area contributed by atoms with Gasteiger partial charge in [0.1, 0.15) is 11.2 Å². The molecule has 1 atom stereocenters. The molecule has 0 saturated carbocycles. The zero-order valence-corrected chi connectivity index (χ0v) is 18.3. The van der Waals surface area contributed by atoms with E-state index in [1.165, 1.54) is 19.1 Å². The molecule has 2 aliphatic heterocycles. The largest absolute Gasteiger partial charge is 0.497 e. The Morgan fingerprint density at radius 3 is 2.52 bits per heavy atom. The topological polar surface area (TPSA) is 102 Å². The highest BCUT2D eigenvalue weighted by molar-refractivity contribution is 6.08. The van der Waals surface area contributed by atoms with E-state index in [9.17, 15) is 19.2 Å². The van der Waals surface area contributed by atoms with Gasteiger partial charge < -0.3 is 14.4 Å². The number of nitrogens with zero attached hydrogens (tertiary/aromatic N) is 1. The van der Waals surface area contributed by atoms with Gasteiger partial charge in [0, 0.05) is 24.2 Å². The average molecular weight is 446 g/mol. The van der Waals surface area contributed by atoms with E-state index in [4.69, 9.17) is 4.74 Å². The van der Waals surface area contributed by atoms with Crippen molar-refractivity contribution < 1.29 is 28.7 Å². The van der Waals surface area contributed by atoms with Gasteiger partial charge in [-0.05, 0) is 35.4 Å². The molecule has 1 saturated heterocycles. The summed E-state index contributed by atoms with van der Waals surface area (Å²) in [7, 11) is 2.86. The Hall–Kier alpha value is -4.12. The van der Waals surface area contributed by atoms with E-state index >= 15 is 0 Å². The summed E-state index contributed by atoms with van der Waals surface area (Å²) in [4.78, 5) is 50.7. The number of nitrogens with one attached hydrogen (secondary N) is 1. The van der Waals surface area contributed by atoms with E-state index in [1.807, 2.05) is 6.07 Å². The molecule has 3 amide bonds. The maximum Gasteiger partial charge on any atom is 0.309 e. The molecule has 168 valence electrons. The number of fused-ring (bicyclic) bond motifs is 1. The molecule has 2 aliphatic rings. The number of hydrogen-bond acceptors (Lipinski definition) is 6. The summed E-state index contributed by atoms with van der Waals surface area (Å²) in [5.41, 5.74) is 1.39. The zero-order valence-electron chi connectivity index (χ0n) is 18.3. The molecule has 0 aromatic heterocycles. The van der Waals surface area contributed by atoms with Crippen molar-refractivity contribution in [1.29, 1.82) is 0 Å². The van der Waals surface area contributed by atoms with Gasteiger partial charge in [0.2, 0.25) is 11.8 Å². The van der Waals surface area contributed by atoms with Crippen LogP contribution in [0, 0.1) is 17.3 Å². The standard InChI is InChI=1S/C25H22N2O6/c1-32-19-8-7-18-14-27(23(30)20(18)12-19)15-25(13-21(28)26-24(25)31)10-9-16-3-5-17(6-4-16)11-22(29)33-2/h3-8,12H,11,13-15H2,1-2H3,(H,26,28,31)/t25-/m1/s1. The summed E-state index contributed by atoms with van der Waals surface area (Å²) in [5.74, 6) is 4.99. The highest BCUT2D eigenvalue weighted by atomic mass is 16.5. The van der Waals surface area contributed by atoms with Crippen LogP contribution in [0.4, 0.5) is 0 Å². The Labute approximate surface area is 190 Å². The quantitative estimate of drug-likeness (QED) is 0.424. The van der Waals surface area contributed by atoms with Gasteiger partial charge in [-0.3, -0.25) is 24.5 Å². The number of methoxy groups -OCH3 is 2. The van der Waals surface area contributed by atoms with Crippen molar-refractivity contribution in [1.82, 2.24) is 10.2 Å². The van der Waals surface area contributed by atoms with Crippen molar-refractivity contribution in [2.75, 3.05) is 20.8 Å². The maximum absolute atomic E-state index is 13.0. The van der Waals surface area contributed by atoms with Crippen LogP contribution in [0.2, 0.25) is 0 Å². The highest BCUT2D eigenvalue weighted by Crippen LogP contribution is 2.33. The first kappa shape index (κ1) is 22.1. The van der Waals surface area contributed by atoms with E-state index in [2.05, 4.69) is 21.9 Å². The van der Waals surface area contributed by atoms with E-state index in [0.717, 1.165) is 11.1 Å². The summed E-state index contributed by atoms with van der Waals surface area (Å²) in [5, 5.41) is 2.32. The van der Waals surface area contributed by atoms with Crippen molar-refractivity contribution in [2.24, 2.45) is 5.41 Å². The Balaban J connectivity index is 1.58. The summed E-state index contributed by atoms with van der Waals surface area (Å²) in [6.45, 7) is 0.319. The number of ether oxygens (including phenoxy) is 2. The van der Waals surface area contributed by atoms with E-state index in [1.54, 1.807) is 36.4 Å². The normalized spacial score (nSPS) is 19.0. The van der Waals surface area contributed by atoms with Crippen LogP contribution in [0.25, 0.3) is 0 Å². The van der Waals surface area contributed by atoms with Crippen LogP contribution in [0.15, 0.2) is 42.5 Å². The van der Waals surface area contributed by atoms with Crippen LogP contribution in [0.5, 0.6) is 5.75 Å². The van der Waals surface area contributed by atoms with Crippen LogP contribution >= 0.6 is 0 Å². The summed E-state index contributed by atoms with van der Waals surface area (Å²) < 4.78 is 9.86. The first-order chi connectivity index (χ1) is 15.8. The lowest BCUT2D eigenvalue weighted by Crippen LogP contribution is -2.42. The number of imide groups is 1. The summed E-state index contributed by atoms with van der Waals surface area (Å²) in [6.07, 6.45) is 0.0240. The molecule has 2 heterocycles. The van der Waals surface area contributed by atoms with Crippen LogP contribution in [0.3, 0.4) is 0 Å². The Morgan fingerprint density at radius 2 is 1.88 bits per heavy atom. The number of esters is 1. The predicted molar refractivity (Wildman–Crippen MR) is 117 cm³/mol. The molecule has 0 spiro atoms. The van der Waals surface area contributed by atoms with Gasteiger partial charge in [0.05, 0.1) is 27.1 Å². The number of carbonyl (C=O) groups excluding carboxylic acids is 4. The highest BCUT2D eigenvalue weighted by Gasteiger charge is 2.48. The number of carbonyl (C=O) groups is 4. The molecule has 0 bridgehead atoms. The molecule has 33 heavy (non-hydrogen) atoms. The molecule has 0 unspecified atom stereocenters. The minimum atomic E-state index is -1.34. The van der Waals surface area contributed by atoms with Crippen molar-refractivity contribution in [3.05, 3.63) is 64.7 Å². The van der Waals surface area contributed by atoms with Gasteiger partial charge in [-0.25, -0.2) is 0 Å². The second-order valence-electron chi connectivity index (χ2n) is 8.02. The fourth-order valence-electron chi connectivity index (χ4n) is 3.97. The van der Waals surface area contributed by atoms with Gasteiger partial charge in [-0.2, -0.15) is 0 Å². The van der Waals surface area contributed by atoms with Gasteiger partial charge in [-0.15, -0.1) is 0 Å². The van der Waals surface area contributed by atoms with Gasteiger partial charge in [0.15, 0.2) is 0 Å². The fourth-order valence-corrected chi connectivity index (χ4v) is 3.97. The lowest BCUT2D eigenvalue weighted by atomic mass is 9.85.